The second-order valence-corrected chi connectivity index (χ2v) is 5.58. The van der Waals surface area contributed by atoms with Crippen molar-refractivity contribution in [2.75, 3.05) is 26.9 Å². The van der Waals surface area contributed by atoms with E-state index < -0.39 is 5.97 Å². The Hall–Kier alpha value is -2.12. The van der Waals surface area contributed by atoms with E-state index in [4.69, 9.17) is 19.3 Å². The van der Waals surface area contributed by atoms with E-state index in [-0.39, 0.29) is 30.5 Å². The second-order valence-electron chi connectivity index (χ2n) is 5.58. The fraction of sp³-hybridized carbons (Fsp3) is 0.529. The summed E-state index contributed by atoms with van der Waals surface area (Å²) in [7, 11) is 1.42. The Labute approximate surface area is 140 Å². The van der Waals surface area contributed by atoms with Crippen molar-refractivity contribution in [1.29, 1.82) is 0 Å². The van der Waals surface area contributed by atoms with Crippen LogP contribution in [-0.2, 0) is 20.8 Å². The summed E-state index contributed by atoms with van der Waals surface area (Å²) in [6.07, 6.45) is 2.49. The Kier molecular flexibility index (Phi) is 7.02. The van der Waals surface area contributed by atoms with Crippen LogP contribution in [0.1, 0.15) is 35.2 Å². The Morgan fingerprint density at radius 2 is 2.25 bits per heavy atom. The lowest BCUT2D eigenvalue weighted by Gasteiger charge is -2.11. The van der Waals surface area contributed by atoms with E-state index in [1.807, 2.05) is 0 Å². The molecule has 1 heterocycles. The van der Waals surface area contributed by atoms with Gasteiger partial charge in [0.15, 0.2) is 0 Å². The van der Waals surface area contributed by atoms with Gasteiger partial charge in [0.2, 0.25) is 5.91 Å². The van der Waals surface area contributed by atoms with Crippen molar-refractivity contribution < 1.29 is 28.9 Å². The minimum atomic E-state index is -1.07. The molecule has 24 heavy (non-hydrogen) atoms. The molecule has 1 fully saturated rings. The van der Waals surface area contributed by atoms with Crippen LogP contribution >= 0.6 is 0 Å². The maximum Gasteiger partial charge on any atom is 0.339 e. The second kappa shape index (κ2) is 9.24. The fourth-order valence-corrected chi connectivity index (χ4v) is 2.48. The summed E-state index contributed by atoms with van der Waals surface area (Å²) in [6.45, 7) is 1.91. The average Bonchev–Trinajstić information content (AvgIpc) is 3.10. The van der Waals surface area contributed by atoms with E-state index in [2.05, 4.69) is 5.32 Å². The van der Waals surface area contributed by atoms with Crippen LogP contribution < -0.4 is 10.1 Å². The molecule has 0 aromatic heterocycles. The van der Waals surface area contributed by atoms with Gasteiger partial charge in [-0.3, -0.25) is 4.79 Å². The van der Waals surface area contributed by atoms with Gasteiger partial charge in [0.05, 0.1) is 26.4 Å². The molecule has 0 spiro atoms. The predicted molar refractivity (Wildman–Crippen MR) is 86.2 cm³/mol. The normalized spacial score (nSPS) is 16.8. The van der Waals surface area contributed by atoms with Crippen LogP contribution in [0.2, 0.25) is 0 Å². The number of rotatable bonds is 9. The molecule has 1 aromatic carbocycles. The number of carbonyl (C=O) groups is 2. The summed E-state index contributed by atoms with van der Waals surface area (Å²) in [4.78, 5) is 23.0. The first-order valence-corrected chi connectivity index (χ1v) is 7.96. The Morgan fingerprint density at radius 3 is 2.92 bits per heavy atom. The molecule has 7 nitrogen and oxygen atoms in total. The van der Waals surface area contributed by atoms with Crippen LogP contribution in [0.5, 0.6) is 5.75 Å². The third-order valence-electron chi connectivity index (χ3n) is 3.79. The van der Waals surface area contributed by atoms with Gasteiger partial charge < -0.3 is 24.6 Å². The molecular formula is C17H23NO6. The van der Waals surface area contributed by atoms with E-state index >= 15 is 0 Å². The number of carboxylic acids is 1. The highest BCUT2D eigenvalue weighted by molar-refractivity contribution is 5.91. The van der Waals surface area contributed by atoms with Gasteiger partial charge in [-0.2, -0.15) is 0 Å². The lowest BCUT2D eigenvalue weighted by atomic mass is 10.1. The monoisotopic (exact) mass is 337 g/mol. The van der Waals surface area contributed by atoms with E-state index in [9.17, 15) is 9.59 Å². The highest BCUT2D eigenvalue weighted by Crippen LogP contribution is 2.19. The molecule has 1 amide bonds. The third kappa shape index (κ3) is 5.50. The first-order valence-electron chi connectivity index (χ1n) is 7.96. The van der Waals surface area contributed by atoms with Crippen LogP contribution in [0.4, 0.5) is 0 Å². The van der Waals surface area contributed by atoms with Crippen molar-refractivity contribution >= 4 is 11.9 Å². The molecule has 7 heteroatoms. The van der Waals surface area contributed by atoms with E-state index in [1.54, 1.807) is 12.1 Å². The minimum Gasteiger partial charge on any atom is -0.496 e. The predicted octanol–water partition coefficient (Wildman–Crippen LogP) is 1.60. The van der Waals surface area contributed by atoms with Crippen molar-refractivity contribution in [3.05, 3.63) is 29.3 Å². The molecule has 1 aliphatic heterocycles. The number of methoxy groups -OCH3 is 1. The first-order chi connectivity index (χ1) is 11.6. The Balaban J connectivity index is 1.71. The first kappa shape index (κ1) is 18.2. The van der Waals surface area contributed by atoms with Crippen molar-refractivity contribution in [3.8, 4) is 5.75 Å². The highest BCUT2D eigenvalue weighted by atomic mass is 16.5. The molecule has 0 saturated carbocycles. The van der Waals surface area contributed by atoms with Crippen molar-refractivity contribution in [3.63, 3.8) is 0 Å². The molecule has 0 aliphatic carbocycles. The number of benzene rings is 1. The summed E-state index contributed by atoms with van der Waals surface area (Å²) >= 11 is 0. The van der Waals surface area contributed by atoms with Crippen molar-refractivity contribution in [2.24, 2.45) is 0 Å². The number of ether oxygens (including phenoxy) is 3. The smallest absolute Gasteiger partial charge is 0.339 e. The Bertz CT molecular complexity index is 568. The molecule has 1 saturated heterocycles. The summed E-state index contributed by atoms with van der Waals surface area (Å²) in [5.74, 6) is -0.919. The van der Waals surface area contributed by atoms with Gasteiger partial charge in [0.1, 0.15) is 11.3 Å². The summed E-state index contributed by atoms with van der Waals surface area (Å²) in [5.41, 5.74) is 0.769. The van der Waals surface area contributed by atoms with Crippen LogP contribution in [0.3, 0.4) is 0 Å². The molecule has 1 aromatic rings. The molecule has 2 rings (SSSR count). The lowest BCUT2D eigenvalue weighted by molar-refractivity contribution is -0.122. The number of aromatic carboxylic acids is 1. The summed E-state index contributed by atoms with van der Waals surface area (Å²) < 4.78 is 15.9. The van der Waals surface area contributed by atoms with Gasteiger partial charge in [-0.25, -0.2) is 4.79 Å². The molecule has 1 atom stereocenters. The topological polar surface area (TPSA) is 94.1 Å². The van der Waals surface area contributed by atoms with E-state index in [0.29, 0.717) is 24.5 Å². The molecule has 0 unspecified atom stereocenters. The zero-order chi connectivity index (χ0) is 17.4. The summed E-state index contributed by atoms with van der Waals surface area (Å²) in [6, 6.07) is 4.80. The molecule has 0 radical (unpaired) electrons. The standard InChI is InChI=1S/C17H23NO6/c1-22-15-5-4-12(9-14(15)17(20)21)10-18-16(19)6-8-23-11-13-3-2-7-24-13/h4-5,9,13H,2-3,6-8,10-11H2,1H3,(H,18,19)(H,20,21)/t13-/m0/s1. The Morgan fingerprint density at radius 1 is 1.42 bits per heavy atom. The van der Waals surface area contributed by atoms with Crippen LogP contribution in [-0.4, -0.2) is 50.0 Å². The van der Waals surface area contributed by atoms with Crippen molar-refractivity contribution in [1.82, 2.24) is 5.32 Å². The number of amides is 1. The van der Waals surface area contributed by atoms with Crippen LogP contribution in [0.25, 0.3) is 0 Å². The van der Waals surface area contributed by atoms with Gasteiger partial charge in [-0.15, -0.1) is 0 Å². The number of nitrogens with one attached hydrogen (secondary N) is 1. The largest absolute Gasteiger partial charge is 0.496 e. The van der Waals surface area contributed by atoms with Gasteiger partial charge >= 0.3 is 5.97 Å². The maximum absolute atomic E-state index is 11.8. The van der Waals surface area contributed by atoms with Gasteiger partial charge in [0.25, 0.3) is 0 Å². The molecule has 1 aliphatic rings. The quantitative estimate of drug-likeness (QED) is 0.665. The average molecular weight is 337 g/mol. The number of carbonyl (C=O) groups excluding carboxylic acids is 1. The lowest BCUT2D eigenvalue weighted by Crippen LogP contribution is -2.25. The zero-order valence-electron chi connectivity index (χ0n) is 13.7. The maximum atomic E-state index is 11.8. The molecular weight excluding hydrogens is 314 g/mol. The fourth-order valence-electron chi connectivity index (χ4n) is 2.48. The molecule has 132 valence electrons. The number of hydrogen-bond donors (Lipinski definition) is 2. The number of hydrogen-bond acceptors (Lipinski definition) is 5. The van der Waals surface area contributed by atoms with Gasteiger partial charge in [0, 0.05) is 19.6 Å². The van der Waals surface area contributed by atoms with E-state index in [0.717, 1.165) is 19.4 Å². The zero-order valence-corrected chi connectivity index (χ0v) is 13.7. The van der Waals surface area contributed by atoms with Crippen LogP contribution in [0, 0.1) is 0 Å². The molecule has 2 N–H and O–H groups in total. The van der Waals surface area contributed by atoms with Gasteiger partial charge in [-0.05, 0) is 30.5 Å². The molecule has 0 bridgehead atoms. The van der Waals surface area contributed by atoms with Gasteiger partial charge in [-0.1, -0.05) is 6.07 Å². The third-order valence-corrected chi connectivity index (χ3v) is 3.79. The minimum absolute atomic E-state index is 0.0733. The SMILES string of the molecule is COc1ccc(CNC(=O)CCOC[C@@H]2CCCO2)cc1C(=O)O. The van der Waals surface area contributed by atoms with E-state index in [1.165, 1.54) is 13.2 Å². The van der Waals surface area contributed by atoms with Crippen LogP contribution in [0.15, 0.2) is 18.2 Å². The highest BCUT2D eigenvalue weighted by Gasteiger charge is 2.15. The number of carboxylic acid groups (broad SMARTS) is 1. The van der Waals surface area contributed by atoms with Crippen molar-refractivity contribution in [2.45, 2.75) is 31.9 Å². The summed E-state index contributed by atoms with van der Waals surface area (Å²) in [5, 5.41) is 11.9.